The third-order valence-electron chi connectivity index (χ3n) is 4.01. The summed E-state index contributed by atoms with van der Waals surface area (Å²) in [6.07, 6.45) is 0. The Morgan fingerprint density at radius 2 is 1.75 bits per heavy atom. The standard InChI is InChI=1S/C17H16N2O5/c1-18-16(23)13-5-10(6-14(21)15(13)22)17(24)19-7-9-2-3-12(20)4-11(9)8-19/h2-6,20-22H,7-8H2,1H3,(H,18,23). The lowest BCUT2D eigenvalue weighted by atomic mass is 10.1. The molecule has 2 aromatic rings. The summed E-state index contributed by atoms with van der Waals surface area (Å²) in [6, 6.07) is 7.29. The molecule has 2 amide bonds. The summed E-state index contributed by atoms with van der Waals surface area (Å²) in [7, 11) is 1.39. The fourth-order valence-electron chi connectivity index (χ4n) is 2.76. The number of carbonyl (C=O) groups is 2. The molecule has 4 N–H and O–H groups in total. The van der Waals surface area contributed by atoms with Gasteiger partial charge in [0.15, 0.2) is 11.5 Å². The molecule has 1 heterocycles. The zero-order valence-corrected chi connectivity index (χ0v) is 12.9. The van der Waals surface area contributed by atoms with Gasteiger partial charge in [-0.2, -0.15) is 0 Å². The minimum atomic E-state index is -0.605. The Balaban J connectivity index is 1.92. The summed E-state index contributed by atoms with van der Waals surface area (Å²) in [5.41, 5.74) is 1.70. The molecule has 0 unspecified atom stereocenters. The van der Waals surface area contributed by atoms with Gasteiger partial charge in [-0.05, 0) is 35.4 Å². The van der Waals surface area contributed by atoms with E-state index < -0.39 is 17.4 Å². The van der Waals surface area contributed by atoms with Gasteiger partial charge in [0.2, 0.25) is 0 Å². The lowest BCUT2D eigenvalue weighted by molar-refractivity contribution is 0.0751. The molecule has 0 bridgehead atoms. The minimum absolute atomic E-state index is 0.0981. The number of benzene rings is 2. The predicted octanol–water partition coefficient (Wildman–Crippen LogP) is 1.32. The Hall–Kier alpha value is -3.22. The highest BCUT2D eigenvalue weighted by Gasteiger charge is 2.26. The van der Waals surface area contributed by atoms with Crippen molar-refractivity contribution in [3.8, 4) is 17.2 Å². The van der Waals surface area contributed by atoms with Crippen molar-refractivity contribution in [2.24, 2.45) is 0 Å². The molecule has 0 aromatic heterocycles. The van der Waals surface area contributed by atoms with E-state index in [0.717, 1.165) is 17.2 Å². The second kappa shape index (κ2) is 5.77. The van der Waals surface area contributed by atoms with E-state index in [1.807, 2.05) is 0 Å². The molecule has 0 atom stereocenters. The maximum atomic E-state index is 12.7. The van der Waals surface area contributed by atoms with Gasteiger partial charge in [0, 0.05) is 25.7 Å². The van der Waals surface area contributed by atoms with Gasteiger partial charge in [-0.15, -0.1) is 0 Å². The van der Waals surface area contributed by atoms with E-state index in [-0.39, 0.29) is 22.8 Å². The largest absolute Gasteiger partial charge is 0.508 e. The highest BCUT2D eigenvalue weighted by atomic mass is 16.3. The summed E-state index contributed by atoms with van der Waals surface area (Å²) < 4.78 is 0. The first-order chi connectivity index (χ1) is 11.4. The summed E-state index contributed by atoms with van der Waals surface area (Å²) in [5.74, 6) is -1.96. The van der Waals surface area contributed by atoms with Crippen LogP contribution in [0.15, 0.2) is 30.3 Å². The monoisotopic (exact) mass is 328 g/mol. The van der Waals surface area contributed by atoms with Crippen molar-refractivity contribution in [3.63, 3.8) is 0 Å². The van der Waals surface area contributed by atoms with E-state index in [1.54, 1.807) is 18.2 Å². The zero-order chi connectivity index (χ0) is 17.4. The smallest absolute Gasteiger partial charge is 0.254 e. The molecule has 0 saturated heterocycles. The second-order valence-corrected chi connectivity index (χ2v) is 5.58. The third kappa shape index (κ3) is 2.60. The number of rotatable bonds is 2. The van der Waals surface area contributed by atoms with Crippen LogP contribution in [0.25, 0.3) is 0 Å². The van der Waals surface area contributed by atoms with Crippen LogP contribution in [0.1, 0.15) is 31.8 Å². The second-order valence-electron chi connectivity index (χ2n) is 5.58. The maximum Gasteiger partial charge on any atom is 0.254 e. The fourth-order valence-corrected chi connectivity index (χ4v) is 2.76. The van der Waals surface area contributed by atoms with Crippen LogP contribution in [0.3, 0.4) is 0 Å². The predicted molar refractivity (Wildman–Crippen MR) is 84.8 cm³/mol. The first-order valence-electron chi connectivity index (χ1n) is 7.28. The van der Waals surface area contributed by atoms with Crippen LogP contribution in [-0.2, 0) is 13.1 Å². The Morgan fingerprint density at radius 3 is 2.46 bits per heavy atom. The minimum Gasteiger partial charge on any atom is -0.508 e. The van der Waals surface area contributed by atoms with Gasteiger partial charge in [-0.1, -0.05) is 6.07 Å². The molecular formula is C17H16N2O5. The van der Waals surface area contributed by atoms with Gasteiger partial charge in [-0.25, -0.2) is 0 Å². The number of carbonyl (C=O) groups excluding carboxylic acids is 2. The highest BCUT2D eigenvalue weighted by molar-refractivity contribution is 6.02. The number of aromatic hydroxyl groups is 3. The molecule has 24 heavy (non-hydrogen) atoms. The number of nitrogens with zero attached hydrogens (tertiary/aromatic N) is 1. The molecule has 0 radical (unpaired) electrons. The first kappa shape index (κ1) is 15.7. The SMILES string of the molecule is CNC(=O)c1cc(C(=O)N2Cc3ccc(O)cc3C2)cc(O)c1O. The Labute approximate surface area is 137 Å². The summed E-state index contributed by atoms with van der Waals surface area (Å²) in [5, 5.41) is 31.4. The molecule has 124 valence electrons. The average molecular weight is 328 g/mol. The van der Waals surface area contributed by atoms with Crippen molar-refractivity contribution in [2.75, 3.05) is 7.05 Å². The topological polar surface area (TPSA) is 110 Å². The number of nitrogens with one attached hydrogen (secondary N) is 1. The van der Waals surface area contributed by atoms with E-state index in [1.165, 1.54) is 18.0 Å². The molecule has 2 aromatic carbocycles. The van der Waals surface area contributed by atoms with Gasteiger partial charge < -0.3 is 25.5 Å². The molecule has 7 heteroatoms. The van der Waals surface area contributed by atoms with E-state index in [2.05, 4.69) is 5.32 Å². The van der Waals surface area contributed by atoms with Gasteiger partial charge in [0.25, 0.3) is 11.8 Å². The number of phenolic OH excluding ortho intramolecular Hbond substituents is 3. The van der Waals surface area contributed by atoms with Crippen molar-refractivity contribution < 1.29 is 24.9 Å². The van der Waals surface area contributed by atoms with E-state index >= 15 is 0 Å². The molecule has 0 spiro atoms. The quantitative estimate of drug-likeness (QED) is 0.622. The normalized spacial score (nSPS) is 12.8. The van der Waals surface area contributed by atoms with Crippen LogP contribution in [0, 0.1) is 0 Å². The maximum absolute atomic E-state index is 12.7. The van der Waals surface area contributed by atoms with E-state index in [4.69, 9.17) is 0 Å². The number of fused-ring (bicyclic) bond motifs is 1. The average Bonchev–Trinajstić information content (AvgIpc) is 2.98. The Morgan fingerprint density at radius 1 is 1.04 bits per heavy atom. The van der Waals surface area contributed by atoms with Crippen molar-refractivity contribution in [3.05, 3.63) is 52.6 Å². The molecular weight excluding hydrogens is 312 g/mol. The van der Waals surface area contributed by atoms with Crippen LogP contribution in [0.2, 0.25) is 0 Å². The van der Waals surface area contributed by atoms with Crippen LogP contribution in [0.4, 0.5) is 0 Å². The van der Waals surface area contributed by atoms with Crippen LogP contribution < -0.4 is 5.32 Å². The molecule has 1 aliphatic heterocycles. The Bertz CT molecular complexity index is 847. The lowest BCUT2D eigenvalue weighted by Crippen LogP contribution is -2.26. The van der Waals surface area contributed by atoms with Crippen molar-refractivity contribution in [2.45, 2.75) is 13.1 Å². The summed E-state index contributed by atoms with van der Waals surface area (Å²) in [4.78, 5) is 26.0. The van der Waals surface area contributed by atoms with Gasteiger partial charge in [-0.3, -0.25) is 9.59 Å². The van der Waals surface area contributed by atoms with Crippen LogP contribution >= 0.6 is 0 Å². The van der Waals surface area contributed by atoms with Crippen LogP contribution in [-0.4, -0.2) is 39.1 Å². The van der Waals surface area contributed by atoms with E-state index in [0.29, 0.717) is 13.1 Å². The van der Waals surface area contributed by atoms with Crippen molar-refractivity contribution >= 4 is 11.8 Å². The fraction of sp³-hybridized carbons (Fsp3) is 0.176. The summed E-state index contributed by atoms with van der Waals surface area (Å²) in [6.45, 7) is 0.685. The van der Waals surface area contributed by atoms with Crippen LogP contribution in [0.5, 0.6) is 17.2 Å². The van der Waals surface area contributed by atoms with Gasteiger partial charge >= 0.3 is 0 Å². The summed E-state index contributed by atoms with van der Waals surface area (Å²) >= 11 is 0. The molecule has 0 fully saturated rings. The molecule has 3 rings (SSSR count). The van der Waals surface area contributed by atoms with Crippen molar-refractivity contribution in [1.82, 2.24) is 10.2 Å². The lowest BCUT2D eigenvalue weighted by Gasteiger charge is -2.16. The molecule has 7 nitrogen and oxygen atoms in total. The highest BCUT2D eigenvalue weighted by Crippen LogP contribution is 2.33. The Kier molecular flexibility index (Phi) is 3.76. The number of phenols is 3. The molecule has 1 aliphatic rings. The molecule has 0 saturated carbocycles. The van der Waals surface area contributed by atoms with Crippen molar-refractivity contribution in [1.29, 1.82) is 0 Å². The van der Waals surface area contributed by atoms with Gasteiger partial charge in [0.1, 0.15) is 5.75 Å². The number of amides is 2. The molecule has 0 aliphatic carbocycles. The zero-order valence-electron chi connectivity index (χ0n) is 12.9. The third-order valence-corrected chi connectivity index (χ3v) is 4.01. The van der Waals surface area contributed by atoms with Gasteiger partial charge in [0.05, 0.1) is 5.56 Å². The number of hydrogen-bond acceptors (Lipinski definition) is 5. The van der Waals surface area contributed by atoms with E-state index in [9.17, 15) is 24.9 Å². The first-order valence-corrected chi connectivity index (χ1v) is 7.28. The number of hydrogen-bond donors (Lipinski definition) is 4.